The van der Waals surface area contributed by atoms with Crippen molar-refractivity contribution in [1.29, 1.82) is 0 Å². The Morgan fingerprint density at radius 2 is 1.85 bits per heavy atom. The highest BCUT2D eigenvalue weighted by atomic mass is 32.1. The van der Waals surface area contributed by atoms with Crippen molar-refractivity contribution >= 4 is 23.3 Å². The van der Waals surface area contributed by atoms with Gasteiger partial charge in [0.15, 0.2) is 0 Å². The summed E-state index contributed by atoms with van der Waals surface area (Å²) < 4.78 is 13.5. The first-order valence-corrected chi connectivity index (χ1v) is 16.6. The predicted molar refractivity (Wildman–Crippen MR) is 173 cm³/mol. The number of ether oxygens (including phenoxy) is 1. The number of hydrogen-bond acceptors (Lipinski definition) is 9. The molecular weight excluding hydrogens is 604 g/mol. The molecule has 0 unspecified atom stereocenters. The van der Waals surface area contributed by atoms with Crippen molar-refractivity contribution in [3.63, 3.8) is 0 Å². The summed E-state index contributed by atoms with van der Waals surface area (Å²) in [7, 11) is 0. The number of alkyl carbamates (subject to hydrolysis) is 1. The molecular formula is C34H40N6O5S. The van der Waals surface area contributed by atoms with Crippen LogP contribution >= 0.6 is 11.3 Å². The van der Waals surface area contributed by atoms with Gasteiger partial charge in [0, 0.05) is 42.2 Å². The molecule has 0 spiro atoms. The first-order valence-electron chi connectivity index (χ1n) is 15.8. The number of hydrogen-bond donors (Lipinski definition) is 1. The van der Waals surface area contributed by atoms with E-state index in [0.717, 1.165) is 41.9 Å². The van der Waals surface area contributed by atoms with Gasteiger partial charge in [0.1, 0.15) is 21.8 Å². The third-order valence-corrected chi connectivity index (χ3v) is 9.31. The number of nitrogens with one attached hydrogen (secondary N) is 1. The lowest BCUT2D eigenvalue weighted by Crippen LogP contribution is -2.47. The van der Waals surface area contributed by atoms with E-state index in [1.54, 1.807) is 49.7 Å². The Labute approximate surface area is 272 Å². The van der Waals surface area contributed by atoms with Gasteiger partial charge in [-0.1, -0.05) is 30.3 Å². The number of carbonyl (C=O) groups excluding carboxylic acids is 2. The molecule has 2 aliphatic rings. The molecule has 6 rings (SSSR count). The molecule has 2 atom stereocenters. The van der Waals surface area contributed by atoms with E-state index in [0.29, 0.717) is 31.1 Å². The summed E-state index contributed by atoms with van der Waals surface area (Å²) in [6.07, 6.45) is 3.45. The SMILES string of the molecule is Cc1csc([C@H]2CCCN2C(=O)c2cc(-c3nnc([C@@](C)(Cc4ccccc4)NC(=O)OC(C)(C)C)o3)n(CC3CC3)c(=O)c2)n1. The van der Waals surface area contributed by atoms with E-state index in [9.17, 15) is 14.4 Å². The molecule has 1 saturated heterocycles. The van der Waals surface area contributed by atoms with Crippen molar-refractivity contribution in [2.45, 2.75) is 90.4 Å². The lowest BCUT2D eigenvalue weighted by molar-refractivity contribution is 0.0443. The third kappa shape index (κ3) is 7.06. The second-order valence-corrected chi connectivity index (χ2v) is 14.4. The summed E-state index contributed by atoms with van der Waals surface area (Å²) in [6, 6.07) is 12.6. The van der Waals surface area contributed by atoms with Crippen LogP contribution < -0.4 is 10.9 Å². The summed E-state index contributed by atoms with van der Waals surface area (Å²) in [5.41, 5.74) is 0.362. The standard InChI is InChI=1S/C34H40N6O5S/c1-21-20-46-29(35-21)25-12-9-15-39(25)30(42)24-16-26(40(27(41)17-24)19-23-13-14-23)28-37-38-31(44-28)34(5,18-22-10-7-6-8-11-22)36-32(43)45-33(2,3)4/h6-8,10-11,16-17,20,23,25H,9,12-15,18-19H2,1-5H3,(H,36,43)/t25-,34-/m1/s1. The minimum absolute atomic E-state index is 0.0983. The molecule has 0 radical (unpaired) electrons. The second-order valence-electron chi connectivity index (χ2n) is 13.5. The Balaban J connectivity index is 1.36. The molecule has 1 N–H and O–H groups in total. The number of amides is 2. The molecule has 2 fully saturated rings. The monoisotopic (exact) mass is 644 g/mol. The number of carbonyl (C=O) groups is 2. The first kappa shape index (κ1) is 31.7. The van der Waals surface area contributed by atoms with Gasteiger partial charge >= 0.3 is 6.09 Å². The smallest absolute Gasteiger partial charge is 0.408 e. The molecule has 1 saturated carbocycles. The molecule has 242 valence electrons. The Hall–Kier alpha value is -4.32. The molecule has 4 aromatic rings. The van der Waals surface area contributed by atoms with E-state index in [-0.39, 0.29) is 34.9 Å². The zero-order valence-corrected chi connectivity index (χ0v) is 27.7. The minimum atomic E-state index is -1.14. The number of nitrogens with zero attached hydrogens (tertiary/aromatic N) is 5. The molecule has 4 heterocycles. The van der Waals surface area contributed by atoms with Gasteiger partial charge in [-0.2, -0.15) is 0 Å². The van der Waals surface area contributed by atoms with Crippen LogP contribution in [0.1, 0.15) is 91.9 Å². The van der Waals surface area contributed by atoms with Gasteiger partial charge in [-0.25, -0.2) is 9.78 Å². The number of aryl methyl sites for hydroxylation is 1. The first-order chi connectivity index (χ1) is 21.9. The van der Waals surface area contributed by atoms with Crippen LogP contribution in [-0.4, -0.2) is 48.8 Å². The van der Waals surface area contributed by atoms with E-state index in [1.165, 1.54) is 6.07 Å². The molecule has 0 bridgehead atoms. The lowest BCUT2D eigenvalue weighted by atomic mass is 9.92. The average Bonchev–Trinajstić information content (AvgIpc) is 3.35. The van der Waals surface area contributed by atoms with Crippen LogP contribution in [0.2, 0.25) is 0 Å². The van der Waals surface area contributed by atoms with Crippen molar-refractivity contribution in [2.75, 3.05) is 6.54 Å². The van der Waals surface area contributed by atoms with Crippen molar-refractivity contribution in [1.82, 2.24) is 30.0 Å². The van der Waals surface area contributed by atoms with Gasteiger partial charge in [0.2, 0.25) is 5.89 Å². The Morgan fingerprint density at radius 3 is 2.52 bits per heavy atom. The maximum absolute atomic E-state index is 13.9. The normalized spacial score (nSPS) is 17.9. The molecule has 2 amide bonds. The fraction of sp³-hybridized carbons (Fsp3) is 0.471. The molecule has 12 heteroatoms. The summed E-state index contributed by atoms with van der Waals surface area (Å²) in [6.45, 7) is 10.2. The maximum atomic E-state index is 13.9. The van der Waals surface area contributed by atoms with Gasteiger partial charge in [-0.15, -0.1) is 21.5 Å². The molecule has 1 aliphatic carbocycles. The van der Waals surface area contributed by atoms with E-state index >= 15 is 0 Å². The molecule has 3 aromatic heterocycles. The topological polar surface area (TPSA) is 132 Å². The number of pyridine rings is 1. The summed E-state index contributed by atoms with van der Waals surface area (Å²) in [5.74, 6) is 0.389. The zero-order valence-electron chi connectivity index (χ0n) is 26.9. The summed E-state index contributed by atoms with van der Waals surface area (Å²) in [5, 5.41) is 14.6. The Bertz CT molecular complexity index is 1790. The van der Waals surface area contributed by atoms with Gasteiger partial charge in [0.05, 0.1) is 6.04 Å². The van der Waals surface area contributed by atoms with Crippen molar-refractivity contribution in [3.8, 4) is 11.6 Å². The van der Waals surface area contributed by atoms with Crippen LogP contribution in [0.25, 0.3) is 11.6 Å². The van der Waals surface area contributed by atoms with E-state index < -0.39 is 17.2 Å². The fourth-order valence-electron chi connectivity index (χ4n) is 5.86. The minimum Gasteiger partial charge on any atom is -0.444 e. The van der Waals surface area contributed by atoms with Gasteiger partial charge < -0.3 is 23.9 Å². The quantitative estimate of drug-likeness (QED) is 0.234. The Kier molecular flexibility index (Phi) is 8.58. The van der Waals surface area contributed by atoms with Crippen LogP contribution in [0.4, 0.5) is 4.79 Å². The van der Waals surface area contributed by atoms with Gasteiger partial charge in [-0.05, 0) is 77.8 Å². The van der Waals surface area contributed by atoms with E-state index in [2.05, 4.69) is 20.5 Å². The number of aromatic nitrogens is 4. The van der Waals surface area contributed by atoms with Crippen LogP contribution in [0.5, 0.6) is 0 Å². The molecule has 1 aliphatic heterocycles. The molecule has 1 aromatic carbocycles. The molecule has 46 heavy (non-hydrogen) atoms. The Morgan fingerprint density at radius 1 is 1.09 bits per heavy atom. The van der Waals surface area contributed by atoms with Crippen LogP contribution in [0.3, 0.4) is 0 Å². The van der Waals surface area contributed by atoms with Crippen LogP contribution in [-0.2, 0) is 23.2 Å². The second kappa shape index (κ2) is 12.5. The number of benzene rings is 1. The van der Waals surface area contributed by atoms with Gasteiger partial charge in [0.25, 0.3) is 17.4 Å². The highest BCUT2D eigenvalue weighted by Crippen LogP contribution is 2.36. The maximum Gasteiger partial charge on any atom is 0.408 e. The summed E-state index contributed by atoms with van der Waals surface area (Å²) >= 11 is 1.55. The van der Waals surface area contributed by atoms with Crippen LogP contribution in [0.15, 0.2) is 57.1 Å². The zero-order chi connectivity index (χ0) is 32.6. The van der Waals surface area contributed by atoms with Crippen molar-refractivity contribution in [3.05, 3.63) is 85.9 Å². The third-order valence-electron chi connectivity index (χ3n) is 8.24. The highest BCUT2D eigenvalue weighted by Gasteiger charge is 2.38. The summed E-state index contributed by atoms with van der Waals surface area (Å²) in [4.78, 5) is 47.0. The van der Waals surface area contributed by atoms with Crippen molar-refractivity contribution in [2.24, 2.45) is 5.92 Å². The highest BCUT2D eigenvalue weighted by molar-refractivity contribution is 7.09. The van der Waals surface area contributed by atoms with Gasteiger partial charge in [-0.3, -0.25) is 9.59 Å². The predicted octanol–water partition coefficient (Wildman–Crippen LogP) is 6.03. The fourth-order valence-corrected chi connectivity index (χ4v) is 6.80. The van der Waals surface area contributed by atoms with Crippen LogP contribution in [0, 0.1) is 12.8 Å². The van der Waals surface area contributed by atoms with E-state index in [4.69, 9.17) is 9.15 Å². The number of thiazole rings is 1. The largest absolute Gasteiger partial charge is 0.444 e. The average molecular weight is 645 g/mol. The number of rotatable bonds is 9. The van der Waals surface area contributed by atoms with Crippen molar-refractivity contribution < 1.29 is 18.7 Å². The van der Waals surface area contributed by atoms with E-state index in [1.807, 2.05) is 47.5 Å². The lowest BCUT2D eigenvalue weighted by Gasteiger charge is -2.29. The molecule has 11 nitrogen and oxygen atoms in total. The number of likely N-dealkylation sites (tertiary alicyclic amines) is 1.